The fourth-order valence-corrected chi connectivity index (χ4v) is 2.64. The van der Waals surface area contributed by atoms with Crippen molar-refractivity contribution in [3.05, 3.63) is 29.3 Å². The van der Waals surface area contributed by atoms with E-state index in [1.54, 1.807) is 11.8 Å². The first-order valence-corrected chi connectivity index (χ1v) is 7.57. The molecule has 0 saturated heterocycles. The van der Waals surface area contributed by atoms with E-state index in [0.29, 0.717) is 12.0 Å². The van der Waals surface area contributed by atoms with Crippen molar-refractivity contribution in [1.82, 2.24) is 5.32 Å². The van der Waals surface area contributed by atoms with Crippen molar-refractivity contribution in [1.29, 1.82) is 5.26 Å². The number of nitriles is 1. The number of nitrogens with zero attached hydrogens (tertiary/aromatic N) is 1. The molecule has 1 aromatic rings. The first-order chi connectivity index (χ1) is 8.69. The van der Waals surface area contributed by atoms with Gasteiger partial charge >= 0.3 is 0 Å². The van der Waals surface area contributed by atoms with Gasteiger partial charge in [-0.05, 0) is 36.5 Å². The molecule has 1 saturated carbocycles. The Morgan fingerprint density at radius 3 is 2.83 bits per heavy atom. The number of hydrogen-bond acceptors (Lipinski definition) is 3. The van der Waals surface area contributed by atoms with Crippen molar-refractivity contribution in [3.63, 3.8) is 0 Å². The maximum absolute atomic E-state index is 9.21. The monoisotopic (exact) mass is 260 g/mol. The van der Waals surface area contributed by atoms with Crippen LogP contribution in [0, 0.1) is 17.2 Å². The molecule has 1 fully saturated rings. The lowest BCUT2D eigenvalue weighted by molar-refractivity contribution is 0.687. The Balaban J connectivity index is 2.00. The molecule has 2 rings (SSSR count). The summed E-state index contributed by atoms with van der Waals surface area (Å²) < 4.78 is 0. The summed E-state index contributed by atoms with van der Waals surface area (Å²) in [6.07, 6.45) is 2.60. The van der Waals surface area contributed by atoms with Gasteiger partial charge in [-0.15, -0.1) is 11.8 Å². The minimum absolute atomic E-state index is 0.651. The molecule has 0 unspecified atom stereocenters. The molecule has 3 heteroatoms. The highest BCUT2D eigenvalue weighted by atomic mass is 32.2. The second-order valence-corrected chi connectivity index (χ2v) is 6.36. The van der Waals surface area contributed by atoms with Gasteiger partial charge in [0.05, 0.1) is 5.56 Å². The summed E-state index contributed by atoms with van der Waals surface area (Å²) in [5.74, 6) is 1.71. The second-order valence-electron chi connectivity index (χ2n) is 5.30. The van der Waals surface area contributed by atoms with Crippen molar-refractivity contribution in [2.24, 2.45) is 5.92 Å². The van der Waals surface area contributed by atoms with Crippen molar-refractivity contribution >= 4 is 11.8 Å². The van der Waals surface area contributed by atoms with Crippen LogP contribution in [0.5, 0.6) is 0 Å². The lowest BCUT2D eigenvalue weighted by Crippen LogP contribution is -2.15. The van der Waals surface area contributed by atoms with E-state index in [2.05, 4.69) is 37.4 Å². The molecular weight excluding hydrogens is 240 g/mol. The zero-order valence-electron chi connectivity index (χ0n) is 11.1. The van der Waals surface area contributed by atoms with Gasteiger partial charge < -0.3 is 5.32 Å². The zero-order valence-corrected chi connectivity index (χ0v) is 11.9. The number of thioether (sulfide) groups is 1. The molecule has 96 valence electrons. The van der Waals surface area contributed by atoms with Gasteiger partial charge in [0.15, 0.2) is 0 Å². The summed E-state index contributed by atoms with van der Waals surface area (Å²) in [4.78, 5) is 1.11. The van der Waals surface area contributed by atoms with Gasteiger partial charge in [0.25, 0.3) is 0 Å². The number of rotatable bonds is 6. The van der Waals surface area contributed by atoms with Crippen LogP contribution in [0.25, 0.3) is 0 Å². The number of benzene rings is 1. The van der Waals surface area contributed by atoms with Gasteiger partial charge in [-0.1, -0.05) is 19.9 Å². The quantitative estimate of drug-likeness (QED) is 0.794. The van der Waals surface area contributed by atoms with Gasteiger partial charge in [-0.25, -0.2) is 0 Å². The van der Waals surface area contributed by atoms with E-state index in [1.165, 1.54) is 18.4 Å². The van der Waals surface area contributed by atoms with Gasteiger partial charge in [0.2, 0.25) is 0 Å². The number of nitrogens with one attached hydrogen (secondary N) is 1. The topological polar surface area (TPSA) is 35.8 Å². The molecule has 1 aromatic carbocycles. The molecule has 2 nitrogen and oxygen atoms in total. The van der Waals surface area contributed by atoms with Crippen molar-refractivity contribution < 1.29 is 0 Å². The Labute approximate surface area is 114 Å². The van der Waals surface area contributed by atoms with Gasteiger partial charge in [0, 0.05) is 23.2 Å². The summed E-state index contributed by atoms with van der Waals surface area (Å²) in [6.45, 7) is 5.29. The summed E-state index contributed by atoms with van der Waals surface area (Å²) >= 11 is 1.78. The van der Waals surface area contributed by atoms with Crippen LogP contribution in [-0.2, 0) is 6.54 Å². The number of hydrogen-bond donors (Lipinski definition) is 1. The molecule has 0 bridgehead atoms. The first-order valence-electron chi connectivity index (χ1n) is 6.58. The molecule has 0 spiro atoms. The van der Waals surface area contributed by atoms with Crippen LogP contribution in [0.3, 0.4) is 0 Å². The molecule has 0 radical (unpaired) electrons. The van der Waals surface area contributed by atoms with E-state index in [0.717, 1.165) is 22.8 Å². The summed E-state index contributed by atoms with van der Waals surface area (Å²) in [6, 6.07) is 9.28. The molecule has 1 N–H and O–H groups in total. The third-order valence-corrected chi connectivity index (χ3v) is 4.41. The third kappa shape index (κ3) is 4.04. The molecule has 18 heavy (non-hydrogen) atoms. The maximum atomic E-state index is 9.21. The van der Waals surface area contributed by atoms with E-state index >= 15 is 0 Å². The SMILES string of the molecule is CC(C)CSc1ccc(CNC2CC2)cc1C#N. The smallest absolute Gasteiger partial charge is 0.100 e. The largest absolute Gasteiger partial charge is 0.310 e. The molecular formula is C15H20N2S. The Hall–Kier alpha value is -0.980. The Bertz CT molecular complexity index is 444. The maximum Gasteiger partial charge on any atom is 0.100 e. The Morgan fingerprint density at radius 2 is 2.22 bits per heavy atom. The summed E-state index contributed by atoms with van der Waals surface area (Å²) in [5.41, 5.74) is 2.03. The lowest BCUT2D eigenvalue weighted by Gasteiger charge is -2.09. The highest BCUT2D eigenvalue weighted by molar-refractivity contribution is 7.99. The minimum Gasteiger partial charge on any atom is -0.310 e. The molecule has 0 aliphatic heterocycles. The summed E-state index contributed by atoms with van der Waals surface area (Å²) in [5, 5.41) is 12.7. The third-order valence-electron chi connectivity index (χ3n) is 2.91. The first kappa shape index (κ1) is 13.5. The molecule has 0 amide bonds. The summed E-state index contributed by atoms with van der Waals surface area (Å²) in [7, 11) is 0. The van der Waals surface area contributed by atoms with E-state index < -0.39 is 0 Å². The average molecular weight is 260 g/mol. The van der Waals surface area contributed by atoms with Crippen LogP contribution in [0.4, 0.5) is 0 Å². The average Bonchev–Trinajstić information content (AvgIpc) is 3.18. The molecule has 0 atom stereocenters. The van der Waals surface area contributed by atoms with Crippen LogP contribution in [-0.4, -0.2) is 11.8 Å². The molecule has 0 heterocycles. The van der Waals surface area contributed by atoms with E-state index in [1.807, 2.05) is 6.07 Å². The fraction of sp³-hybridized carbons (Fsp3) is 0.533. The van der Waals surface area contributed by atoms with Crippen LogP contribution < -0.4 is 5.32 Å². The highest BCUT2D eigenvalue weighted by Crippen LogP contribution is 2.26. The zero-order chi connectivity index (χ0) is 13.0. The van der Waals surface area contributed by atoms with Crippen LogP contribution in [0.15, 0.2) is 23.1 Å². The normalized spacial score (nSPS) is 14.8. The van der Waals surface area contributed by atoms with Crippen molar-refractivity contribution in [3.8, 4) is 6.07 Å². The van der Waals surface area contributed by atoms with E-state index in [4.69, 9.17) is 0 Å². The Morgan fingerprint density at radius 1 is 1.44 bits per heavy atom. The van der Waals surface area contributed by atoms with Gasteiger partial charge in [-0.2, -0.15) is 5.26 Å². The minimum atomic E-state index is 0.651. The predicted octanol–water partition coefficient (Wildman–Crippen LogP) is 3.56. The highest BCUT2D eigenvalue weighted by Gasteiger charge is 2.20. The standard InChI is InChI=1S/C15H20N2S/c1-11(2)10-18-15-6-3-12(7-13(15)8-16)9-17-14-4-5-14/h3,6-7,11,14,17H,4-5,9-10H2,1-2H3. The van der Waals surface area contributed by atoms with Crippen LogP contribution >= 0.6 is 11.8 Å². The van der Waals surface area contributed by atoms with Crippen molar-refractivity contribution in [2.45, 2.75) is 44.2 Å². The molecule has 0 aromatic heterocycles. The molecule has 1 aliphatic carbocycles. The molecule has 1 aliphatic rings. The van der Waals surface area contributed by atoms with Crippen LogP contribution in [0.2, 0.25) is 0 Å². The van der Waals surface area contributed by atoms with Gasteiger partial charge in [0.1, 0.15) is 6.07 Å². The van der Waals surface area contributed by atoms with Crippen LogP contribution in [0.1, 0.15) is 37.8 Å². The van der Waals surface area contributed by atoms with E-state index in [-0.39, 0.29) is 0 Å². The second kappa shape index (κ2) is 6.26. The van der Waals surface area contributed by atoms with Crippen molar-refractivity contribution in [2.75, 3.05) is 5.75 Å². The fourth-order valence-electron chi connectivity index (χ4n) is 1.71. The Kier molecular flexibility index (Phi) is 4.68. The van der Waals surface area contributed by atoms with Gasteiger partial charge in [-0.3, -0.25) is 0 Å². The predicted molar refractivity (Wildman–Crippen MR) is 76.6 cm³/mol. The van der Waals surface area contributed by atoms with E-state index in [9.17, 15) is 5.26 Å². The lowest BCUT2D eigenvalue weighted by atomic mass is 10.1.